The first-order chi connectivity index (χ1) is 12.7. The number of hydrogen-bond acceptors (Lipinski definition) is 5. The molecule has 0 fully saturated rings. The summed E-state index contributed by atoms with van der Waals surface area (Å²) < 4.78 is 5.46. The number of methoxy groups -OCH3 is 1. The summed E-state index contributed by atoms with van der Waals surface area (Å²) in [6, 6.07) is 21.1. The molecule has 3 rings (SSSR count). The zero-order valence-electron chi connectivity index (χ0n) is 14.5. The molecule has 1 N–H and O–H groups in total. The Labute approximate surface area is 157 Å². The van der Waals surface area contributed by atoms with E-state index in [9.17, 15) is 5.11 Å². The lowest BCUT2D eigenvalue weighted by molar-refractivity contribution is -0.0103. The third-order valence-corrected chi connectivity index (χ3v) is 5.05. The van der Waals surface area contributed by atoms with E-state index in [0.29, 0.717) is 18.7 Å². The zero-order chi connectivity index (χ0) is 18.4. The molecular weight excluding hydrogens is 344 g/mol. The molecule has 0 saturated heterocycles. The van der Waals surface area contributed by atoms with E-state index in [1.165, 1.54) is 4.88 Å². The second-order valence-electron chi connectivity index (χ2n) is 5.90. The third kappa shape index (κ3) is 4.30. The van der Waals surface area contributed by atoms with Gasteiger partial charge in [-0.3, -0.25) is 4.90 Å². The van der Waals surface area contributed by atoms with Crippen molar-refractivity contribution in [1.82, 2.24) is 4.90 Å². The fourth-order valence-corrected chi connectivity index (χ4v) is 3.55. The first kappa shape index (κ1) is 18.2. The molecule has 3 aromatic rings. The Morgan fingerprint density at radius 3 is 2.50 bits per heavy atom. The first-order valence-corrected chi connectivity index (χ1v) is 9.15. The Kier molecular flexibility index (Phi) is 6.03. The van der Waals surface area contributed by atoms with Gasteiger partial charge in [-0.05, 0) is 35.2 Å². The Morgan fingerprint density at radius 2 is 1.85 bits per heavy atom. The fourth-order valence-electron chi connectivity index (χ4n) is 2.82. The molecule has 2 aromatic carbocycles. The Morgan fingerprint density at radius 1 is 1.08 bits per heavy atom. The van der Waals surface area contributed by atoms with Gasteiger partial charge in [0.05, 0.1) is 18.7 Å². The van der Waals surface area contributed by atoms with E-state index in [4.69, 9.17) is 10.00 Å². The molecule has 1 heterocycles. The molecule has 0 aliphatic rings. The van der Waals surface area contributed by atoms with Crippen molar-refractivity contribution in [2.75, 3.05) is 7.11 Å². The summed E-state index contributed by atoms with van der Waals surface area (Å²) in [6.07, 6.45) is -0.783. The van der Waals surface area contributed by atoms with Crippen molar-refractivity contribution in [2.24, 2.45) is 0 Å². The molecule has 0 aliphatic carbocycles. The van der Waals surface area contributed by atoms with Crippen LogP contribution in [0.15, 0.2) is 66.0 Å². The van der Waals surface area contributed by atoms with Gasteiger partial charge in [0.2, 0.25) is 0 Å². The number of aliphatic hydroxyl groups is 1. The van der Waals surface area contributed by atoms with Gasteiger partial charge in [-0.15, -0.1) is 11.3 Å². The first-order valence-electron chi connectivity index (χ1n) is 8.27. The number of nitriles is 1. The number of hydrogen-bond donors (Lipinski definition) is 1. The molecule has 0 bridgehead atoms. The summed E-state index contributed by atoms with van der Waals surface area (Å²) in [7, 11) is 1.65. The van der Waals surface area contributed by atoms with Gasteiger partial charge in [0.1, 0.15) is 12.0 Å². The van der Waals surface area contributed by atoms with Crippen molar-refractivity contribution >= 4 is 11.3 Å². The van der Waals surface area contributed by atoms with Crippen molar-refractivity contribution in [2.45, 2.75) is 19.3 Å². The minimum atomic E-state index is -0.783. The molecule has 1 aromatic heterocycles. The Balaban J connectivity index is 1.87. The zero-order valence-corrected chi connectivity index (χ0v) is 15.3. The molecular formula is C21H20N2O2S. The molecule has 26 heavy (non-hydrogen) atoms. The molecule has 1 unspecified atom stereocenters. The number of para-hydroxylation sites is 1. The van der Waals surface area contributed by atoms with E-state index in [0.717, 1.165) is 16.9 Å². The van der Waals surface area contributed by atoms with E-state index in [2.05, 4.69) is 12.1 Å². The normalized spacial score (nSPS) is 11.9. The number of ether oxygens (including phenoxy) is 1. The van der Waals surface area contributed by atoms with Crippen LogP contribution in [0, 0.1) is 11.3 Å². The second-order valence-corrected chi connectivity index (χ2v) is 6.94. The summed E-state index contributed by atoms with van der Waals surface area (Å²) in [5.74, 6) is 0.802. The van der Waals surface area contributed by atoms with E-state index in [-0.39, 0.29) is 0 Å². The van der Waals surface area contributed by atoms with E-state index in [1.807, 2.05) is 40.6 Å². The van der Waals surface area contributed by atoms with Gasteiger partial charge in [0.25, 0.3) is 0 Å². The molecule has 4 nitrogen and oxygen atoms in total. The van der Waals surface area contributed by atoms with Crippen LogP contribution in [0.5, 0.6) is 5.75 Å². The standard InChI is InChI=1S/C21H20N2O2S/c1-25-20-7-3-2-5-18(20)14-23(15-19-6-4-12-26-19)21(24)17-10-8-16(13-22)9-11-17/h2-12,21,24H,14-15H2,1H3. The van der Waals surface area contributed by atoms with Crippen LogP contribution in [-0.2, 0) is 13.1 Å². The SMILES string of the molecule is COc1ccccc1CN(Cc1cccs1)C(O)c1ccc(C#N)cc1. The molecule has 5 heteroatoms. The molecule has 0 radical (unpaired) electrons. The molecule has 132 valence electrons. The molecule has 1 atom stereocenters. The minimum absolute atomic E-state index is 0.545. The lowest BCUT2D eigenvalue weighted by Gasteiger charge is -2.28. The highest BCUT2D eigenvalue weighted by Gasteiger charge is 2.20. The Bertz CT molecular complexity index is 870. The average molecular weight is 364 g/mol. The van der Waals surface area contributed by atoms with E-state index < -0.39 is 6.23 Å². The quantitative estimate of drug-likeness (QED) is 0.634. The van der Waals surface area contributed by atoms with Crippen molar-refractivity contribution < 1.29 is 9.84 Å². The molecule has 0 amide bonds. The van der Waals surface area contributed by atoms with Gasteiger partial charge < -0.3 is 9.84 Å². The minimum Gasteiger partial charge on any atom is -0.496 e. The lowest BCUT2D eigenvalue weighted by Crippen LogP contribution is -2.27. The number of benzene rings is 2. The number of aliphatic hydroxyl groups excluding tert-OH is 1. The smallest absolute Gasteiger partial charge is 0.134 e. The summed E-state index contributed by atoms with van der Waals surface area (Å²) in [6.45, 7) is 1.17. The third-order valence-electron chi connectivity index (χ3n) is 4.19. The lowest BCUT2D eigenvalue weighted by atomic mass is 10.1. The predicted octanol–water partition coefficient (Wildman–Crippen LogP) is 4.32. The van der Waals surface area contributed by atoms with Gasteiger partial charge in [-0.1, -0.05) is 36.4 Å². The monoisotopic (exact) mass is 364 g/mol. The van der Waals surface area contributed by atoms with Gasteiger partial charge in [-0.25, -0.2) is 0 Å². The van der Waals surface area contributed by atoms with Gasteiger partial charge in [-0.2, -0.15) is 5.26 Å². The van der Waals surface area contributed by atoms with Crippen LogP contribution in [0.2, 0.25) is 0 Å². The topological polar surface area (TPSA) is 56.5 Å². The highest BCUT2D eigenvalue weighted by Crippen LogP contribution is 2.27. The maximum absolute atomic E-state index is 11.0. The van der Waals surface area contributed by atoms with Crippen LogP contribution in [0.25, 0.3) is 0 Å². The van der Waals surface area contributed by atoms with E-state index in [1.54, 1.807) is 42.7 Å². The average Bonchev–Trinajstić information content (AvgIpc) is 3.20. The van der Waals surface area contributed by atoms with Crippen molar-refractivity contribution in [3.8, 4) is 11.8 Å². The van der Waals surface area contributed by atoms with Crippen LogP contribution in [-0.4, -0.2) is 17.1 Å². The van der Waals surface area contributed by atoms with Crippen LogP contribution in [0.4, 0.5) is 0 Å². The number of thiophene rings is 1. The summed E-state index contributed by atoms with van der Waals surface area (Å²) in [5.41, 5.74) is 2.35. The van der Waals surface area contributed by atoms with Crippen LogP contribution in [0.3, 0.4) is 0 Å². The maximum Gasteiger partial charge on any atom is 0.134 e. The highest BCUT2D eigenvalue weighted by atomic mass is 32.1. The fraction of sp³-hybridized carbons (Fsp3) is 0.190. The molecule has 0 aliphatic heterocycles. The van der Waals surface area contributed by atoms with Crippen LogP contribution < -0.4 is 4.74 Å². The van der Waals surface area contributed by atoms with Gasteiger partial charge >= 0.3 is 0 Å². The molecule has 0 spiro atoms. The van der Waals surface area contributed by atoms with Gasteiger partial charge in [0, 0.05) is 23.5 Å². The number of nitrogens with zero attached hydrogens (tertiary/aromatic N) is 2. The van der Waals surface area contributed by atoms with Gasteiger partial charge in [0.15, 0.2) is 0 Å². The number of rotatable bonds is 7. The Hall–Kier alpha value is -2.65. The van der Waals surface area contributed by atoms with Crippen molar-refractivity contribution in [1.29, 1.82) is 5.26 Å². The summed E-state index contributed by atoms with van der Waals surface area (Å²) >= 11 is 1.66. The summed E-state index contributed by atoms with van der Waals surface area (Å²) in [4.78, 5) is 3.16. The maximum atomic E-state index is 11.0. The predicted molar refractivity (Wildman–Crippen MR) is 103 cm³/mol. The van der Waals surface area contributed by atoms with Crippen LogP contribution in [0.1, 0.15) is 27.8 Å². The molecule has 0 saturated carbocycles. The van der Waals surface area contributed by atoms with Crippen LogP contribution >= 0.6 is 11.3 Å². The van der Waals surface area contributed by atoms with Crippen molar-refractivity contribution in [3.63, 3.8) is 0 Å². The second kappa shape index (κ2) is 8.63. The van der Waals surface area contributed by atoms with E-state index >= 15 is 0 Å². The largest absolute Gasteiger partial charge is 0.496 e. The van der Waals surface area contributed by atoms with Crippen molar-refractivity contribution in [3.05, 3.63) is 87.6 Å². The highest BCUT2D eigenvalue weighted by molar-refractivity contribution is 7.09. The summed E-state index contributed by atoms with van der Waals surface area (Å²) in [5, 5.41) is 22.0.